The van der Waals surface area contributed by atoms with Crippen molar-refractivity contribution in [1.29, 1.82) is 0 Å². The van der Waals surface area contributed by atoms with E-state index in [2.05, 4.69) is 20.0 Å². The quantitative estimate of drug-likeness (QED) is 0.681. The molecule has 1 aromatic heterocycles. The molecule has 1 aromatic carbocycles. The number of amides is 1. The Morgan fingerprint density at radius 2 is 1.74 bits per heavy atom. The fraction of sp³-hybridized carbons (Fsp3) is 0.294. The Bertz CT molecular complexity index is 899. The van der Waals surface area contributed by atoms with Gasteiger partial charge in [0.15, 0.2) is 11.8 Å². The summed E-state index contributed by atoms with van der Waals surface area (Å²) in [6, 6.07) is 5.40. The lowest BCUT2D eigenvalue weighted by Gasteiger charge is -2.14. The summed E-state index contributed by atoms with van der Waals surface area (Å²) in [5.74, 6) is -1.34. The second-order valence-corrected chi connectivity index (χ2v) is 7.64. The Balaban J connectivity index is 1.98. The van der Waals surface area contributed by atoms with Gasteiger partial charge in [0.1, 0.15) is 0 Å². The number of nitrogens with one attached hydrogen (secondary N) is 2. The van der Waals surface area contributed by atoms with Crippen LogP contribution in [0.1, 0.15) is 31.3 Å². The second kappa shape index (κ2) is 8.69. The molecule has 10 heteroatoms. The molecule has 0 radical (unpaired) electrons. The molecule has 144 valence electrons. The highest BCUT2D eigenvalue weighted by Gasteiger charge is 2.20. The summed E-state index contributed by atoms with van der Waals surface area (Å²) in [4.78, 5) is 31.7. The molecule has 2 rings (SSSR count). The number of hydrogen-bond donors (Lipinski definition) is 2. The molecular formula is C17H20N4O5S. The summed E-state index contributed by atoms with van der Waals surface area (Å²) < 4.78 is 31.6. The minimum absolute atomic E-state index is 0.00985. The van der Waals surface area contributed by atoms with Crippen LogP contribution in [0.25, 0.3) is 0 Å². The van der Waals surface area contributed by atoms with Gasteiger partial charge in [-0.05, 0) is 45.0 Å². The smallest absolute Gasteiger partial charge is 0.359 e. The van der Waals surface area contributed by atoms with Gasteiger partial charge in [0.05, 0.1) is 11.1 Å². The van der Waals surface area contributed by atoms with Gasteiger partial charge in [0.25, 0.3) is 5.91 Å². The van der Waals surface area contributed by atoms with Gasteiger partial charge < -0.3 is 10.1 Å². The average molecular weight is 392 g/mol. The number of hydrogen-bond acceptors (Lipinski definition) is 7. The van der Waals surface area contributed by atoms with Crippen LogP contribution in [0.2, 0.25) is 0 Å². The maximum atomic E-state index is 12.2. The summed E-state index contributed by atoms with van der Waals surface area (Å²) in [6.45, 7) is 4.85. The van der Waals surface area contributed by atoms with Crippen molar-refractivity contribution in [3.8, 4) is 0 Å². The van der Waals surface area contributed by atoms with E-state index in [1.54, 1.807) is 13.8 Å². The summed E-state index contributed by atoms with van der Waals surface area (Å²) in [5, 5.41) is 2.55. The van der Waals surface area contributed by atoms with Crippen molar-refractivity contribution < 1.29 is 22.7 Å². The highest BCUT2D eigenvalue weighted by Crippen LogP contribution is 2.15. The molecule has 27 heavy (non-hydrogen) atoms. The van der Waals surface area contributed by atoms with Gasteiger partial charge in [-0.1, -0.05) is 0 Å². The predicted molar refractivity (Wildman–Crippen MR) is 97.4 cm³/mol. The monoisotopic (exact) mass is 392 g/mol. The first-order chi connectivity index (χ1) is 12.7. The van der Waals surface area contributed by atoms with E-state index in [1.807, 2.05) is 0 Å². The van der Waals surface area contributed by atoms with Crippen molar-refractivity contribution >= 4 is 27.6 Å². The number of rotatable bonds is 7. The van der Waals surface area contributed by atoms with Crippen LogP contribution in [0.4, 0.5) is 5.69 Å². The van der Waals surface area contributed by atoms with Crippen LogP contribution in [-0.4, -0.2) is 42.4 Å². The van der Waals surface area contributed by atoms with Gasteiger partial charge in [-0.3, -0.25) is 9.78 Å². The average Bonchev–Trinajstić information content (AvgIpc) is 2.61. The Morgan fingerprint density at radius 1 is 1.07 bits per heavy atom. The Kier molecular flexibility index (Phi) is 6.59. The third-order valence-corrected chi connectivity index (χ3v) is 4.92. The van der Waals surface area contributed by atoms with Crippen LogP contribution < -0.4 is 10.0 Å². The molecule has 0 spiro atoms. The number of anilines is 1. The number of esters is 1. The van der Waals surface area contributed by atoms with Crippen LogP contribution in [0.15, 0.2) is 47.8 Å². The lowest BCUT2D eigenvalue weighted by molar-refractivity contribution is -0.123. The predicted octanol–water partition coefficient (Wildman–Crippen LogP) is 1.35. The molecule has 9 nitrogen and oxygen atoms in total. The molecular weight excluding hydrogens is 372 g/mol. The molecule has 1 heterocycles. The first-order valence-corrected chi connectivity index (χ1v) is 9.57. The van der Waals surface area contributed by atoms with Crippen LogP contribution in [0.5, 0.6) is 0 Å². The summed E-state index contributed by atoms with van der Waals surface area (Å²) in [5.41, 5.74) is 0.357. The molecule has 2 N–H and O–H groups in total. The van der Waals surface area contributed by atoms with Crippen LogP contribution in [0.3, 0.4) is 0 Å². The fourth-order valence-electron chi connectivity index (χ4n) is 2.02. The van der Waals surface area contributed by atoms with E-state index in [0.29, 0.717) is 5.69 Å². The first kappa shape index (κ1) is 20.5. The first-order valence-electron chi connectivity index (χ1n) is 8.09. The minimum atomic E-state index is -3.61. The van der Waals surface area contributed by atoms with E-state index in [0.717, 1.165) is 0 Å². The SMILES string of the molecule is CC(C)NS(=O)(=O)c1ccc(NC(=O)[C@@H](C)OC(=O)c2cnccn2)cc1. The van der Waals surface area contributed by atoms with Gasteiger partial charge in [-0.25, -0.2) is 22.9 Å². The third kappa shape index (κ3) is 5.83. The van der Waals surface area contributed by atoms with Crippen LogP contribution >= 0.6 is 0 Å². The molecule has 0 saturated carbocycles. The Hall–Kier alpha value is -2.85. The van der Waals surface area contributed by atoms with Crippen molar-refractivity contribution in [3.63, 3.8) is 0 Å². The number of sulfonamides is 1. The molecule has 0 fully saturated rings. The molecule has 0 aliphatic rings. The zero-order valence-electron chi connectivity index (χ0n) is 15.0. The molecule has 0 bridgehead atoms. The maximum Gasteiger partial charge on any atom is 0.359 e. The number of carbonyl (C=O) groups is 2. The molecule has 0 aliphatic heterocycles. The van der Waals surface area contributed by atoms with E-state index in [1.165, 1.54) is 49.8 Å². The number of carbonyl (C=O) groups excluding carboxylic acids is 2. The summed E-state index contributed by atoms with van der Waals surface area (Å²) >= 11 is 0. The van der Waals surface area contributed by atoms with Gasteiger partial charge >= 0.3 is 5.97 Å². The molecule has 0 unspecified atom stereocenters. The third-order valence-electron chi connectivity index (χ3n) is 3.25. The van der Waals surface area contributed by atoms with E-state index < -0.39 is 28.0 Å². The molecule has 0 aliphatic carbocycles. The van der Waals surface area contributed by atoms with Crippen molar-refractivity contribution in [2.24, 2.45) is 0 Å². The van der Waals surface area contributed by atoms with E-state index in [-0.39, 0.29) is 16.6 Å². The lowest BCUT2D eigenvalue weighted by Crippen LogP contribution is -2.31. The molecule has 1 atom stereocenters. The number of aromatic nitrogens is 2. The fourth-order valence-corrected chi connectivity index (χ4v) is 3.27. The number of ether oxygens (including phenoxy) is 1. The standard InChI is InChI=1S/C17H20N4O5S/c1-11(2)21-27(24,25)14-6-4-13(5-7-14)20-16(22)12(3)26-17(23)15-10-18-8-9-19-15/h4-12,21H,1-3H3,(H,20,22)/t12-/m1/s1. The molecule has 1 amide bonds. The van der Waals surface area contributed by atoms with Gasteiger partial charge in [-0.2, -0.15) is 0 Å². The van der Waals surface area contributed by atoms with E-state index in [4.69, 9.17) is 4.74 Å². The van der Waals surface area contributed by atoms with Gasteiger partial charge in [0, 0.05) is 24.1 Å². The van der Waals surface area contributed by atoms with Gasteiger partial charge in [-0.15, -0.1) is 0 Å². The second-order valence-electron chi connectivity index (χ2n) is 5.93. The van der Waals surface area contributed by atoms with Crippen molar-refractivity contribution in [1.82, 2.24) is 14.7 Å². The molecule has 0 saturated heterocycles. The van der Waals surface area contributed by atoms with Crippen molar-refractivity contribution in [2.75, 3.05) is 5.32 Å². The Morgan fingerprint density at radius 3 is 2.30 bits per heavy atom. The van der Waals surface area contributed by atoms with Crippen molar-refractivity contribution in [3.05, 3.63) is 48.5 Å². The number of nitrogens with zero attached hydrogens (tertiary/aromatic N) is 2. The molecule has 2 aromatic rings. The zero-order chi connectivity index (χ0) is 20.0. The topological polar surface area (TPSA) is 127 Å². The largest absolute Gasteiger partial charge is 0.448 e. The Labute approximate surface area is 157 Å². The van der Waals surface area contributed by atoms with Crippen molar-refractivity contribution in [2.45, 2.75) is 37.8 Å². The summed E-state index contributed by atoms with van der Waals surface area (Å²) in [7, 11) is -3.61. The van der Waals surface area contributed by atoms with Gasteiger partial charge in [0.2, 0.25) is 10.0 Å². The highest BCUT2D eigenvalue weighted by molar-refractivity contribution is 7.89. The van der Waals surface area contributed by atoms with E-state index in [9.17, 15) is 18.0 Å². The minimum Gasteiger partial charge on any atom is -0.448 e. The lowest BCUT2D eigenvalue weighted by atomic mass is 10.3. The normalized spacial score (nSPS) is 12.4. The van der Waals surface area contributed by atoms with Crippen LogP contribution in [-0.2, 0) is 19.6 Å². The summed E-state index contributed by atoms with van der Waals surface area (Å²) in [6.07, 6.45) is 2.90. The van der Waals surface area contributed by atoms with E-state index >= 15 is 0 Å². The van der Waals surface area contributed by atoms with Crippen LogP contribution in [0, 0.1) is 0 Å². The maximum absolute atomic E-state index is 12.2. The number of benzene rings is 1. The highest BCUT2D eigenvalue weighted by atomic mass is 32.2. The zero-order valence-corrected chi connectivity index (χ0v) is 15.9.